The molecule has 0 saturated carbocycles. The van der Waals surface area contributed by atoms with Gasteiger partial charge in [0.05, 0.1) is 17.3 Å². The number of hydrogen-bond acceptors (Lipinski definition) is 4. The van der Waals surface area contributed by atoms with E-state index in [0.29, 0.717) is 11.1 Å². The summed E-state index contributed by atoms with van der Waals surface area (Å²) >= 11 is 0. The van der Waals surface area contributed by atoms with Crippen LogP contribution in [-0.2, 0) is 0 Å². The van der Waals surface area contributed by atoms with E-state index in [1.807, 2.05) is 6.07 Å². The number of rotatable bonds is 2. The summed E-state index contributed by atoms with van der Waals surface area (Å²) in [6, 6.07) is 9.58. The molecule has 6 heteroatoms. The van der Waals surface area contributed by atoms with Gasteiger partial charge in [0.2, 0.25) is 0 Å². The maximum Gasteiger partial charge on any atom is 0.352 e. The second-order valence-electron chi connectivity index (χ2n) is 3.48. The van der Waals surface area contributed by atoms with Crippen molar-refractivity contribution < 1.29 is 9.90 Å². The Bertz CT molecular complexity index is 696. The summed E-state index contributed by atoms with van der Waals surface area (Å²) in [5.74, 6) is -1.23. The molecule has 2 N–H and O–H groups in total. The minimum atomic E-state index is -1.23. The molecule has 6 nitrogen and oxygen atoms in total. The monoisotopic (exact) mass is 241 g/mol. The first-order valence-electron chi connectivity index (χ1n) is 4.95. The lowest BCUT2D eigenvalue weighted by atomic mass is 10.1. The fourth-order valence-electron chi connectivity index (χ4n) is 1.44. The molecule has 0 atom stereocenters. The van der Waals surface area contributed by atoms with Crippen molar-refractivity contribution in [3.05, 3.63) is 52.1 Å². The predicted molar refractivity (Wildman–Crippen MR) is 62.0 cm³/mol. The van der Waals surface area contributed by atoms with Gasteiger partial charge in [-0.3, -0.25) is 4.98 Å². The van der Waals surface area contributed by atoms with Crippen LogP contribution in [0.15, 0.2) is 35.1 Å². The number of nitriles is 1. The molecule has 0 amide bonds. The Morgan fingerprint density at radius 3 is 2.56 bits per heavy atom. The zero-order chi connectivity index (χ0) is 13.1. The number of H-pyrrole nitrogens is 1. The number of carboxylic acid groups (broad SMARTS) is 1. The molecule has 0 unspecified atom stereocenters. The number of carbonyl (C=O) groups is 1. The van der Waals surface area contributed by atoms with Gasteiger partial charge >= 0.3 is 11.7 Å². The van der Waals surface area contributed by atoms with E-state index in [1.54, 1.807) is 24.3 Å². The lowest BCUT2D eigenvalue weighted by molar-refractivity contribution is 0.0690. The molecular weight excluding hydrogens is 234 g/mol. The average Bonchev–Trinajstić information content (AvgIpc) is 2.38. The fraction of sp³-hybridized carbons (Fsp3) is 0. The molecule has 1 heterocycles. The maximum absolute atomic E-state index is 11.2. The first-order chi connectivity index (χ1) is 8.60. The lowest BCUT2D eigenvalue weighted by Crippen LogP contribution is -2.16. The molecule has 1 aromatic heterocycles. The van der Waals surface area contributed by atoms with Gasteiger partial charge in [-0.15, -0.1) is 0 Å². The molecule has 0 aliphatic rings. The SMILES string of the molecule is N#Cc1ccc(-c2cc(C(=O)O)[nH]c(=O)n2)cc1. The molecule has 0 bridgehead atoms. The lowest BCUT2D eigenvalue weighted by Gasteiger charge is -2.01. The summed E-state index contributed by atoms with van der Waals surface area (Å²) in [6.45, 7) is 0. The molecule has 0 aliphatic heterocycles. The topological polar surface area (TPSA) is 107 Å². The van der Waals surface area contributed by atoms with Gasteiger partial charge in [0.25, 0.3) is 0 Å². The van der Waals surface area contributed by atoms with Crippen LogP contribution in [-0.4, -0.2) is 21.0 Å². The van der Waals surface area contributed by atoms with E-state index in [4.69, 9.17) is 10.4 Å². The zero-order valence-corrected chi connectivity index (χ0v) is 9.04. The predicted octanol–water partition coefficient (Wildman–Crippen LogP) is 1.01. The number of carboxylic acids is 1. The van der Waals surface area contributed by atoms with Crippen molar-refractivity contribution in [2.45, 2.75) is 0 Å². The van der Waals surface area contributed by atoms with Crippen molar-refractivity contribution in [1.82, 2.24) is 9.97 Å². The Kier molecular flexibility index (Phi) is 2.89. The molecule has 0 saturated heterocycles. The molecular formula is C12H7N3O3. The van der Waals surface area contributed by atoms with Gasteiger partial charge in [-0.25, -0.2) is 9.59 Å². The second-order valence-corrected chi connectivity index (χ2v) is 3.48. The highest BCUT2D eigenvalue weighted by Crippen LogP contribution is 2.16. The molecule has 0 fully saturated rings. The normalized spacial score (nSPS) is 9.72. The smallest absolute Gasteiger partial charge is 0.352 e. The second kappa shape index (κ2) is 4.51. The molecule has 0 spiro atoms. The number of aromatic carboxylic acids is 1. The third-order valence-electron chi connectivity index (χ3n) is 2.28. The minimum Gasteiger partial charge on any atom is -0.477 e. The van der Waals surface area contributed by atoms with Crippen molar-refractivity contribution in [2.75, 3.05) is 0 Å². The highest BCUT2D eigenvalue weighted by Gasteiger charge is 2.08. The summed E-state index contributed by atoms with van der Waals surface area (Å²) in [7, 11) is 0. The Morgan fingerprint density at radius 1 is 1.33 bits per heavy atom. The molecule has 18 heavy (non-hydrogen) atoms. The number of aromatic nitrogens is 2. The van der Waals surface area contributed by atoms with E-state index < -0.39 is 11.7 Å². The highest BCUT2D eigenvalue weighted by molar-refractivity contribution is 5.86. The van der Waals surface area contributed by atoms with Crippen LogP contribution >= 0.6 is 0 Å². The quantitative estimate of drug-likeness (QED) is 0.815. The van der Waals surface area contributed by atoms with Gasteiger partial charge in [-0.2, -0.15) is 10.2 Å². The van der Waals surface area contributed by atoms with Gasteiger partial charge < -0.3 is 5.11 Å². The van der Waals surface area contributed by atoms with E-state index in [2.05, 4.69) is 9.97 Å². The standard InChI is InChI=1S/C12H7N3O3/c13-6-7-1-3-8(4-2-7)9-5-10(11(16)17)15-12(18)14-9/h1-5H,(H,16,17)(H,14,15,18). The van der Waals surface area contributed by atoms with Crippen LogP contribution in [0.25, 0.3) is 11.3 Å². The fourth-order valence-corrected chi connectivity index (χ4v) is 1.44. The van der Waals surface area contributed by atoms with Crippen LogP contribution in [0, 0.1) is 11.3 Å². The van der Waals surface area contributed by atoms with Crippen LogP contribution in [0.4, 0.5) is 0 Å². The van der Waals surface area contributed by atoms with Crippen LogP contribution < -0.4 is 5.69 Å². The largest absolute Gasteiger partial charge is 0.477 e. The number of benzene rings is 1. The Hall–Kier alpha value is -2.94. The van der Waals surface area contributed by atoms with Crippen molar-refractivity contribution in [1.29, 1.82) is 5.26 Å². The molecule has 0 aliphatic carbocycles. The van der Waals surface area contributed by atoms with Crippen molar-refractivity contribution in [2.24, 2.45) is 0 Å². The average molecular weight is 241 g/mol. The maximum atomic E-state index is 11.2. The highest BCUT2D eigenvalue weighted by atomic mass is 16.4. The van der Waals surface area contributed by atoms with E-state index in [1.165, 1.54) is 6.07 Å². The van der Waals surface area contributed by atoms with Crippen molar-refractivity contribution in [3.63, 3.8) is 0 Å². The first kappa shape index (κ1) is 11.5. The van der Waals surface area contributed by atoms with Crippen molar-refractivity contribution in [3.8, 4) is 17.3 Å². The van der Waals surface area contributed by atoms with Gasteiger partial charge in [0.15, 0.2) is 0 Å². The van der Waals surface area contributed by atoms with E-state index in [-0.39, 0.29) is 11.4 Å². The van der Waals surface area contributed by atoms with Crippen LogP contribution in [0.3, 0.4) is 0 Å². The van der Waals surface area contributed by atoms with Gasteiger partial charge in [-0.05, 0) is 18.2 Å². The molecule has 2 rings (SSSR count). The van der Waals surface area contributed by atoms with Gasteiger partial charge in [0.1, 0.15) is 5.69 Å². The van der Waals surface area contributed by atoms with E-state index in [9.17, 15) is 9.59 Å². The number of hydrogen-bond donors (Lipinski definition) is 2. The molecule has 1 aromatic carbocycles. The van der Waals surface area contributed by atoms with Crippen LogP contribution in [0.2, 0.25) is 0 Å². The van der Waals surface area contributed by atoms with E-state index in [0.717, 1.165) is 0 Å². The number of nitrogens with one attached hydrogen (secondary N) is 1. The summed E-state index contributed by atoms with van der Waals surface area (Å²) in [5, 5.41) is 17.5. The van der Waals surface area contributed by atoms with Gasteiger partial charge in [0, 0.05) is 5.56 Å². The summed E-state index contributed by atoms with van der Waals surface area (Å²) in [4.78, 5) is 27.8. The third-order valence-corrected chi connectivity index (χ3v) is 2.28. The number of aromatic amines is 1. The summed E-state index contributed by atoms with van der Waals surface area (Å²) in [6.07, 6.45) is 0. The van der Waals surface area contributed by atoms with Crippen LogP contribution in [0.5, 0.6) is 0 Å². The van der Waals surface area contributed by atoms with Crippen LogP contribution in [0.1, 0.15) is 16.1 Å². The first-order valence-corrected chi connectivity index (χ1v) is 4.95. The Labute approximate surface area is 101 Å². The molecule has 2 aromatic rings. The van der Waals surface area contributed by atoms with Gasteiger partial charge in [-0.1, -0.05) is 12.1 Å². The van der Waals surface area contributed by atoms with Crippen molar-refractivity contribution >= 4 is 5.97 Å². The third kappa shape index (κ3) is 2.25. The molecule has 0 radical (unpaired) electrons. The number of nitrogens with zero attached hydrogens (tertiary/aromatic N) is 2. The summed E-state index contributed by atoms with van der Waals surface area (Å²) < 4.78 is 0. The zero-order valence-electron chi connectivity index (χ0n) is 9.04. The Morgan fingerprint density at radius 2 is 2.00 bits per heavy atom. The van der Waals surface area contributed by atoms with E-state index >= 15 is 0 Å². The summed E-state index contributed by atoms with van der Waals surface area (Å²) in [5.41, 5.74) is 0.342. The minimum absolute atomic E-state index is 0.227. The Balaban J connectivity index is 2.53. The molecule has 88 valence electrons.